The molecule has 0 amide bonds. The van der Waals surface area contributed by atoms with Crippen LogP contribution in [0.1, 0.15) is 33.7 Å². The van der Waals surface area contributed by atoms with Gasteiger partial charge in [-0.1, -0.05) is 146 Å². The lowest BCUT2D eigenvalue weighted by Crippen LogP contribution is -2.20. The molecule has 3 heterocycles. The second-order valence-corrected chi connectivity index (χ2v) is 13.1. The minimum Gasteiger partial charge on any atom is -0.248 e. The summed E-state index contributed by atoms with van der Waals surface area (Å²) in [7, 11) is 0. The second-order valence-electron chi connectivity index (χ2n) is 13.1. The van der Waals surface area contributed by atoms with E-state index in [0.717, 1.165) is 62.1 Å². The fraction of sp³-hybridized carbons (Fsp3) is 0.0426. The van der Waals surface area contributed by atoms with Gasteiger partial charge in [0.1, 0.15) is 0 Å². The molecule has 0 unspecified atom stereocenters. The van der Waals surface area contributed by atoms with Gasteiger partial charge in [-0.2, -0.15) is 0 Å². The molecule has 234 valence electrons. The van der Waals surface area contributed by atoms with E-state index in [1.165, 1.54) is 38.6 Å². The van der Waals surface area contributed by atoms with E-state index in [1.54, 1.807) is 0 Å². The molecule has 0 saturated heterocycles. The molecule has 50 heavy (non-hydrogen) atoms. The lowest BCUT2D eigenvalue weighted by atomic mass is 9.70. The normalized spacial score (nSPS) is 12.6. The van der Waals surface area contributed by atoms with E-state index in [9.17, 15) is 0 Å². The molecular weight excluding hydrogens is 607 g/mol. The van der Waals surface area contributed by atoms with Crippen LogP contribution in [0.4, 0.5) is 0 Å². The van der Waals surface area contributed by atoms with Crippen LogP contribution in [0.3, 0.4) is 0 Å². The van der Waals surface area contributed by atoms with Crippen LogP contribution in [0, 0.1) is 0 Å². The summed E-state index contributed by atoms with van der Waals surface area (Å²) in [6.45, 7) is 0. The summed E-state index contributed by atoms with van der Waals surface area (Å²) in [5.41, 5.74) is 15.6. The van der Waals surface area contributed by atoms with Crippen molar-refractivity contribution >= 4 is 32.7 Å². The number of pyridine rings is 3. The summed E-state index contributed by atoms with van der Waals surface area (Å²) < 4.78 is 0. The fourth-order valence-corrected chi connectivity index (χ4v) is 8.06. The Hall–Kier alpha value is -6.45. The first-order valence-electron chi connectivity index (χ1n) is 17.2. The van der Waals surface area contributed by atoms with E-state index in [4.69, 9.17) is 15.0 Å². The maximum atomic E-state index is 5.50. The Morgan fingerprint density at radius 1 is 0.380 bits per heavy atom. The molecule has 0 saturated carbocycles. The SMILES string of the molecule is c1ccc(-c2cc(C3c4c(-c5ccccc5)nc5ccccc5c4Cc4c3c(-c3ccccc3)nc3ccccc43)c3ccccc3n2)cc1. The van der Waals surface area contributed by atoms with Crippen molar-refractivity contribution in [1.29, 1.82) is 0 Å². The highest BCUT2D eigenvalue weighted by atomic mass is 14.7. The van der Waals surface area contributed by atoms with E-state index in [1.807, 2.05) is 0 Å². The number of nitrogens with zero attached hydrogens (tertiary/aromatic N) is 3. The third-order valence-corrected chi connectivity index (χ3v) is 10.2. The summed E-state index contributed by atoms with van der Waals surface area (Å²) in [5, 5.41) is 3.53. The van der Waals surface area contributed by atoms with Crippen molar-refractivity contribution in [2.75, 3.05) is 0 Å². The van der Waals surface area contributed by atoms with Crippen LogP contribution in [0.2, 0.25) is 0 Å². The van der Waals surface area contributed by atoms with Crippen molar-refractivity contribution in [2.45, 2.75) is 12.3 Å². The molecule has 0 radical (unpaired) electrons. The third-order valence-electron chi connectivity index (χ3n) is 10.2. The van der Waals surface area contributed by atoms with Gasteiger partial charge < -0.3 is 0 Å². The predicted octanol–water partition coefficient (Wildman–Crippen LogP) is 11.4. The van der Waals surface area contributed by atoms with Crippen LogP contribution in [-0.2, 0) is 6.42 Å². The van der Waals surface area contributed by atoms with Gasteiger partial charge in [-0.25, -0.2) is 15.0 Å². The predicted molar refractivity (Wildman–Crippen MR) is 205 cm³/mol. The molecule has 0 atom stereocenters. The highest BCUT2D eigenvalue weighted by Crippen LogP contribution is 2.52. The Morgan fingerprint density at radius 3 is 1.28 bits per heavy atom. The molecule has 0 fully saturated rings. The van der Waals surface area contributed by atoms with Crippen molar-refractivity contribution in [3.63, 3.8) is 0 Å². The maximum absolute atomic E-state index is 5.50. The molecule has 0 aliphatic heterocycles. The first-order valence-corrected chi connectivity index (χ1v) is 17.2. The molecule has 6 aromatic carbocycles. The minimum atomic E-state index is -0.177. The maximum Gasteiger partial charge on any atom is 0.0754 e. The van der Waals surface area contributed by atoms with Gasteiger partial charge in [0.15, 0.2) is 0 Å². The first-order chi connectivity index (χ1) is 24.8. The molecule has 1 aliphatic carbocycles. The first kappa shape index (κ1) is 28.6. The molecule has 3 aromatic heterocycles. The van der Waals surface area contributed by atoms with Crippen molar-refractivity contribution in [3.8, 4) is 33.8 Å². The number of rotatable bonds is 4. The van der Waals surface area contributed by atoms with Gasteiger partial charge >= 0.3 is 0 Å². The van der Waals surface area contributed by atoms with Gasteiger partial charge in [0.2, 0.25) is 0 Å². The molecule has 3 nitrogen and oxygen atoms in total. The standard InChI is InChI=1S/C47H31N3/c1-4-16-30(17-5-1)42-29-38(35-24-10-13-25-39(35)48-42)43-44-36(33-22-11-14-26-40(33)49-46(44)31-18-6-2-7-19-31)28-37-34-23-12-15-27-41(34)50-47(45(37)43)32-20-8-3-9-21-32/h1-27,29,43H,28H2. The molecule has 0 spiro atoms. The molecule has 10 rings (SSSR count). The van der Waals surface area contributed by atoms with E-state index in [-0.39, 0.29) is 5.92 Å². The molecule has 1 aliphatic rings. The minimum absolute atomic E-state index is 0.177. The van der Waals surface area contributed by atoms with Gasteiger partial charge in [-0.15, -0.1) is 0 Å². The zero-order chi connectivity index (χ0) is 33.0. The van der Waals surface area contributed by atoms with Crippen LogP contribution in [0.15, 0.2) is 170 Å². The Labute approximate surface area is 290 Å². The smallest absolute Gasteiger partial charge is 0.0754 e. The Morgan fingerprint density at radius 2 is 0.780 bits per heavy atom. The molecule has 0 bridgehead atoms. The van der Waals surface area contributed by atoms with E-state index < -0.39 is 0 Å². The topological polar surface area (TPSA) is 38.7 Å². The largest absolute Gasteiger partial charge is 0.248 e. The van der Waals surface area contributed by atoms with Crippen molar-refractivity contribution in [2.24, 2.45) is 0 Å². The summed E-state index contributed by atoms with van der Waals surface area (Å²) in [6, 6.07) is 60.2. The summed E-state index contributed by atoms with van der Waals surface area (Å²) in [5.74, 6) is -0.177. The van der Waals surface area contributed by atoms with Crippen molar-refractivity contribution in [1.82, 2.24) is 15.0 Å². The molecular formula is C47H31N3. The van der Waals surface area contributed by atoms with E-state index in [2.05, 4.69) is 170 Å². The van der Waals surface area contributed by atoms with Crippen LogP contribution < -0.4 is 0 Å². The van der Waals surface area contributed by atoms with Crippen molar-refractivity contribution in [3.05, 3.63) is 198 Å². The van der Waals surface area contributed by atoms with Gasteiger partial charge in [0, 0.05) is 38.8 Å². The zero-order valence-corrected chi connectivity index (χ0v) is 27.3. The van der Waals surface area contributed by atoms with Crippen molar-refractivity contribution < 1.29 is 0 Å². The van der Waals surface area contributed by atoms with Gasteiger partial charge in [-0.3, -0.25) is 0 Å². The summed E-state index contributed by atoms with van der Waals surface area (Å²) in [4.78, 5) is 16.2. The Balaban J connectivity index is 1.42. The number of aromatic nitrogens is 3. The second kappa shape index (κ2) is 11.6. The highest BCUT2D eigenvalue weighted by Gasteiger charge is 2.37. The van der Waals surface area contributed by atoms with Gasteiger partial charge in [-0.05, 0) is 58.5 Å². The number of para-hydroxylation sites is 3. The number of benzene rings is 6. The summed E-state index contributed by atoms with van der Waals surface area (Å²) >= 11 is 0. The Kier molecular flexibility index (Phi) is 6.63. The van der Waals surface area contributed by atoms with Crippen LogP contribution in [0.5, 0.6) is 0 Å². The quantitative estimate of drug-likeness (QED) is 0.193. The molecule has 9 aromatic rings. The van der Waals surface area contributed by atoms with Crippen LogP contribution in [0.25, 0.3) is 66.5 Å². The summed E-state index contributed by atoms with van der Waals surface area (Å²) in [6.07, 6.45) is 0.779. The van der Waals surface area contributed by atoms with Gasteiger partial charge in [0.05, 0.1) is 33.6 Å². The average Bonchev–Trinajstić information content (AvgIpc) is 3.20. The lowest BCUT2D eigenvalue weighted by molar-refractivity contribution is 0.894. The number of fused-ring (bicyclic) bond motifs is 7. The zero-order valence-electron chi connectivity index (χ0n) is 27.3. The molecule has 0 N–H and O–H groups in total. The van der Waals surface area contributed by atoms with Gasteiger partial charge in [0.25, 0.3) is 0 Å². The monoisotopic (exact) mass is 637 g/mol. The third kappa shape index (κ3) is 4.55. The van der Waals surface area contributed by atoms with Crippen LogP contribution in [-0.4, -0.2) is 15.0 Å². The fourth-order valence-electron chi connectivity index (χ4n) is 8.06. The van der Waals surface area contributed by atoms with E-state index in [0.29, 0.717) is 0 Å². The van der Waals surface area contributed by atoms with Crippen LogP contribution >= 0.6 is 0 Å². The number of hydrogen-bond acceptors (Lipinski definition) is 3. The highest BCUT2D eigenvalue weighted by molar-refractivity contribution is 5.97. The lowest BCUT2D eigenvalue weighted by Gasteiger charge is -2.34. The number of hydrogen-bond donors (Lipinski definition) is 0. The average molecular weight is 638 g/mol. The molecule has 3 heteroatoms. The Bertz CT molecular complexity index is 2590. The van der Waals surface area contributed by atoms with E-state index >= 15 is 0 Å².